The van der Waals surface area contributed by atoms with Crippen molar-refractivity contribution in [2.45, 2.75) is 65.8 Å². The van der Waals surface area contributed by atoms with Crippen molar-refractivity contribution in [3.8, 4) is 0 Å². The van der Waals surface area contributed by atoms with Crippen LogP contribution in [-0.4, -0.2) is 33.6 Å². The van der Waals surface area contributed by atoms with E-state index in [0.29, 0.717) is 41.8 Å². The van der Waals surface area contributed by atoms with Crippen molar-refractivity contribution >= 4 is 34.2 Å². The molecule has 1 unspecified atom stereocenters. The number of hydrogen-bond donors (Lipinski definition) is 4. The lowest BCUT2D eigenvalue weighted by molar-refractivity contribution is -0.118. The van der Waals surface area contributed by atoms with E-state index < -0.39 is 6.04 Å². The lowest BCUT2D eigenvalue weighted by atomic mass is 9.75. The summed E-state index contributed by atoms with van der Waals surface area (Å²) >= 11 is 0. The van der Waals surface area contributed by atoms with E-state index in [9.17, 15) is 14.4 Å². The third kappa shape index (κ3) is 4.58. The van der Waals surface area contributed by atoms with Crippen LogP contribution < -0.4 is 10.6 Å². The molecule has 1 aliphatic carbocycles. The first-order chi connectivity index (χ1) is 15.7. The van der Waals surface area contributed by atoms with Gasteiger partial charge in [0.2, 0.25) is 5.91 Å². The lowest BCUT2D eigenvalue weighted by Gasteiger charge is -2.28. The summed E-state index contributed by atoms with van der Waals surface area (Å²) in [7, 11) is 0. The Morgan fingerprint density at radius 2 is 1.97 bits per heavy atom. The van der Waals surface area contributed by atoms with E-state index in [0.717, 1.165) is 29.4 Å². The molecular formula is C26H32N4O3. The van der Waals surface area contributed by atoms with Crippen LogP contribution in [0.25, 0.3) is 10.9 Å². The SMILES string of the molecule is CCCCC(NC(=O)c1[nH]c2c(c1C)C(=O)CC(C)(C)C2)C(=O)Nc1cccc2[nH]ccc12. The molecule has 0 saturated carbocycles. The third-order valence-electron chi connectivity index (χ3n) is 6.45. The van der Waals surface area contributed by atoms with Gasteiger partial charge in [0, 0.05) is 34.8 Å². The Kier molecular flexibility index (Phi) is 6.15. The van der Waals surface area contributed by atoms with Crippen LogP contribution in [0.2, 0.25) is 0 Å². The first kappa shape index (κ1) is 22.8. The Labute approximate surface area is 193 Å². The molecule has 1 aromatic carbocycles. The molecule has 7 nitrogen and oxygen atoms in total. The molecule has 0 bridgehead atoms. The number of H-pyrrole nitrogens is 2. The Bertz CT molecular complexity index is 1220. The Morgan fingerprint density at radius 1 is 1.18 bits per heavy atom. The molecule has 174 valence electrons. The van der Waals surface area contributed by atoms with E-state index in [1.165, 1.54) is 0 Å². The number of carbonyl (C=O) groups excluding carboxylic acids is 3. The quantitative estimate of drug-likeness (QED) is 0.413. The van der Waals surface area contributed by atoms with Crippen LogP contribution in [0.3, 0.4) is 0 Å². The molecule has 1 aliphatic rings. The van der Waals surface area contributed by atoms with Crippen molar-refractivity contribution in [2.75, 3.05) is 5.32 Å². The average Bonchev–Trinajstić information content (AvgIpc) is 3.35. The highest BCUT2D eigenvalue weighted by Gasteiger charge is 2.35. The summed E-state index contributed by atoms with van der Waals surface area (Å²) in [6, 6.07) is 6.90. The summed E-state index contributed by atoms with van der Waals surface area (Å²) in [5.74, 6) is -0.547. The minimum atomic E-state index is -0.682. The number of aromatic nitrogens is 2. The van der Waals surface area contributed by atoms with E-state index in [2.05, 4.69) is 34.4 Å². The van der Waals surface area contributed by atoms with E-state index in [1.54, 1.807) is 6.92 Å². The highest BCUT2D eigenvalue weighted by Crippen LogP contribution is 2.36. The summed E-state index contributed by atoms with van der Waals surface area (Å²) in [5.41, 5.74) is 3.97. The minimum absolute atomic E-state index is 0.0638. The molecule has 4 rings (SSSR count). The Morgan fingerprint density at radius 3 is 2.73 bits per heavy atom. The normalized spacial score (nSPS) is 15.8. The van der Waals surface area contributed by atoms with Crippen LogP contribution in [0.15, 0.2) is 30.5 Å². The second-order valence-electron chi connectivity index (χ2n) is 9.82. The van der Waals surface area contributed by atoms with Crippen molar-refractivity contribution in [1.82, 2.24) is 15.3 Å². The molecule has 2 amide bonds. The highest BCUT2D eigenvalue weighted by molar-refractivity contribution is 6.07. The summed E-state index contributed by atoms with van der Waals surface area (Å²) in [4.78, 5) is 45.4. The van der Waals surface area contributed by atoms with Crippen molar-refractivity contribution in [1.29, 1.82) is 0 Å². The Balaban J connectivity index is 1.55. The number of amides is 2. The van der Waals surface area contributed by atoms with Gasteiger partial charge in [-0.25, -0.2) is 0 Å². The van der Waals surface area contributed by atoms with Crippen molar-refractivity contribution in [2.24, 2.45) is 5.41 Å². The standard InChI is InChI=1S/C26H32N4O3/c1-5-6-8-19(24(32)29-18-10-7-9-17-16(18)11-12-27-17)30-25(33)23-15(2)22-20(28-23)13-26(3,4)14-21(22)31/h7,9-12,19,27-28H,5-6,8,13-14H2,1-4H3,(H,29,32)(H,30,33). The van der Waals surface area contributed by atoms with Gasteiger partial charge in [-0.2, -0.15) is 0 Å². The molecule has 1 atom stereocenters. The fraction of sp³-hybridized carbons (Fsp3) is 0.423. The van der Waals surface area contributed by atoms with Gasteiger partial charge in [-0.05, 0) is 48.9 Å². The van der Waals surface area contributed by atoms with Gasteiger partial charge in [-0.1, -0.05) is 39.7 Å². The number of ketones is 1. The van der Waals surface area contributed by atoms with Crippen molar-refractivity contribution < 1.29 is 14.4 Å². The maximum atomic E-state index is 13.2. The van der Waals surface area contributed by atoms with Gasteiger partial charge in [0.1, 0.15) is 11.7 Å². The van der Waals surface area contributed by atoms with Gasteiger partial charge >= 0.3 is 0 Å². The number of aromatic amines is 2. The topological polar surface area (TPSA) is 107 Å². The molecule has 7 heteroatoms. The molecule has 0 radical (unpaired) electrons. The molecule has 33 heavy (non-hydrogen) atoms. The van der Waals surface area contributed by atoms with E-state index in [1.807, 2.05) is 37.4 Å². The van der Waals surface area contributed by atoms with E-state index in [4.69, 9.17) is 0 Å². The highest BCUT2D eigenvalue weighted by atomic mass is 16.2. The number of hydrogen-bond acceptors (Lipinski definition) is 3. The summed E-state index contributed by atoms with van der Waals surface area (Å²) in [6.07, 6.45) is 5.25. The largest absolute Gasteiger partial charge is 0.361 e. The number of nitrogens with one attached hydrogen (secondary N) is 4. The molecule has 3 aromatic rings. The summed E-state index contributed by atoms with van der Waals surface area (Å²) in [5, 5.41) is 6.81. The fourth-order valence-corrected chi connectivity index (χ4v) is 4.78. The Hall–Kier alpha value is -3.35. The van der Waals surface area contributed by atoms with Crippen molar-refractivity contribution in [3.05, 3.63) is 53.0 Å². The number of Topliss-reactive ketones (excluding diaryl/α,β-unsaturated/α-hetero) is 1. The second kappa shape index (κ2) is 8.89. The van der Waals surface area contributed by atoms with Gasteiger partial charge in [-0.3, -0.25) is 14.4 Å². The predicted octanol–water partition coefficient (Wildman–Crippen LogP) is 4.89. The smallest absolute Gasteiger partial charge is 0.268 e. The van der Waals surface area contributed by atoms with Gasteiger partial charge in [0.15, 0.2) is 5.78 Å². The van der Waals surface area contributed by atoms with Crippen LogP contribution in [-0.2, 0) is 11.2 Å². The lowest BCUT2D eigenvalue weighted by Crippen LogP contribution is -2.44. The summed E-state index contributed by atoms with van der Waals surface area (Å²) in [6.45, 7) is 7.96. The monoisotopic (exact) mass is 448 g/mol. The van der Waals surface area contributed by atoms with Gasteiger partial charge in [-0.15, -0.1) is 0 Å². The molecule has 0 aliphatic heterocycles. The molecule has 0 fully saturated rings. The number of unbranched alkanes of at least 4 members (excludes halogenated alkanes) is 1. The minimum Gasteiger partial charge on any atom is -0.361 e. The maximum Gasteiger partial charge on any atom is 0.268 e. The van der Waals surface area contributed by atoms with E-state index in [-0.39, 0.29) is 23.0 Å². The second-order valence-corrected chi connectivity index (χ2v) is 9.82. The van der Waals surface area contributed by atoms with Gasteiger partial charge in [0.25, 0.3) is 5.91 Å². The van der Waals surface area contributed by atoms with Crippen LogP contribution in [0.1, 0.15) is 78.6 Å². The zero-order valence-electron chi connectivity index (χ0n) is 19.7. The molecule has 4 N–H and O–H groups in total. The van der Waals surface area contributed by atoms with Gasteiger partial charge in [0.05, 0.1) is 5.69 Å². The number of rotatable bonds is 7. The number of benzene rings is 1. The molecule has 2 heterocycles. The number of anilines is 1. The van der Waals surface area contributed by atoms with E-state index >= 15 is 0 Å². The zero-order chi connectivity index (χ0) is 23.8. The third-order valence-corrected chi connectivity index (χ3v) is 6.45. The predicted molar refractivity (Wildman–Crippen MR) is 130 cm³/mol. The van der Waals surface area contributed by atoms with Crippen LogP contribution in [0.4, 0.5) is 5.69 Å². The summed E-state index contributed by atoms with van der Waals surface area (Å²) < 4.78 is 0. The number of carbonyl (C=O) groups is 3. The molecule has 0 saturated heterocycles. The van der Waals surface area contributed by atoms with Crippen molar-refractivity contribution in [3.63, 3.8) is 0 Å². The number of fused-ring (bicyclic) bond motifs is 2. The fourth-order valence-electron chi connectivity index (χ4n) is 4.78. The first-order valence-electron chi connectivity index (χ1n) is 11.6. The molecule has 0 spiro atoms. The van der Waals surface area contributed by atoms with Gasteiger partial charge < -0.3 is 20.6 Å². The van der Waals surface area contributed by atoms with Crippen LogP contribution >= 0.6 is 0 Å². The van der Waals surface area contributed by atoms with Crippen LogP contribution in [0, 0.1) is 12.3 Å². The zero-order valence-corrected chi connectivity index (χ0v) is 19.7. The first-order valence-corrected chi connectivity index (χ1v) is 11.6. The maximum absolute atomic E-state index is 13.2. The van der Waals surface area contributed by atoms with Crippen LogP contribution in [0.5, 0.6) is 0 Å². The molecule has 2 aromatic heterocycles. The molecular weight excluding hydrogens is 416 g/mol. The average molecular weight is 449 g/mol.